The van der Waals surface area contributed by atoms with E-state index in [2.05, 4.69) is 53.7 Å². The van der Waals surface area contributed by atoms with Crippen molar-refractivity contribution >= 4 is 61.6 Å². The first-order chi connectivity index (χ1) is 47.8. The number of aryl methyl sites for hydroxylation is 6. The Bertz CT molecular complexity index is 2770. The van der Waals surface area contributed by atoms with Crippen LogP contribution >= 0.6 is 23.9 Å². The van der Waals surface area contributed by atoms with Crippen molar-refractivity contribution in [3.05, 3.63) is 179 Å². The number of unbranched alkanes of at least 4 members (excludes halogenated alkanes) is 30. The van der Waals surface area contributed by atoms with Gasteiger partial charge in [0, 0.05) is 15.7 Å². The Balaban J connectivity index is 0.000000385. The van der Waals surface area contributed by atoms with Gasteiger partial charge in [0.1, 0.15) is 23.0 Å². The zero-order valence-electron chi connectivity index (χ0n) is 62.1. The molecule has 0 N–H and O–H groups in total. The molecule has 0 heterocycles. The molecule has 0 aliphatic rings. The first-order valence-corrected chi connectivity index (χ1v) is 42.6. The summed E-state index contributed by atoms with van der Waals surface area (Å²) < 4.78 is 71.4. The number of benzene rings is 6. The maximum Gasteiger partial charge on any atom is 2.00 e. The Kier molecular flexibility index (Phi) is 51.5. The summed E-state index contributed by atoms with van der Waals surface area (Å²) in [6.07, 6.45) is 48.8. The summed E-state index contributed by atoms with van der Waals surface area (Å²) in [6, 6.07) is 45.3. The van der Waals surface area contributed by atoms with Gasteiger partial charge in [0.05, 0.1) is 0 Å². The Morgan fingerprint density at radius 2 is 0.404 bits per heavy atom. The molecule has 0 saturated carbocycles. The fourth-order valence-corrected chi connectivity index (χ4v) is 14.5. The molecule has 0 fully saturated rings. The van der Waals surface area contributed by atoms with E-state index in [1.165, 1.54) is 167 Å². The number of para-hydroxylation sites is 6. The monoisotopic (exact) mass is 1440 g/mol. The maximum atomic E-state index is 12.8. The maximum absolute atomic E-state index is 12.8. The molecule has 0 aliphatic carbocycles. The molecule has 6 aromatic rings. The molecule has 0 aromatic heterocycles. The summed E-state index contributed by atoms with van der Waals surface area (Å²) >= 11 is 0. The summed E-state index contributed by atoms with van der Waals surface area (Å²) in [4.78, 5) is 25.5. The molecule has 0 saturated heterocycles. The third-order valence-corrected chi connectivity index (χ3v) is 20.2. The van der Waals surface area contributed by atoms with Gasteiger partial charge in [0.25, 0.3) is 0 Å². The van der Waals surface area contributed by atoms with Gasteiger partial charge in [0.15, 0.2) is 11.5 Å². The fourth-order valence-electron chi connectivity index (χ4n) is 12.1. The van der Waals surface area contributed by atoms with Crippen LogP contribution in [-0.4, -0.2) is 37.7 Å². The van der Waals surface area contributed by atoms with Crippen molar-refractivity contribution in [3.8, 4) is 34.5 Å². The smallest absolute Gasteiger partial charge is 0.736 e. The van der Waals surface area contributed by atoms with Crippen molar-refractivity contribution in [1.29, 1.82) is 0 Å². The van der Waals surface area contributed by atoms with Gasteiger partial charge in [-0.25, -0.2) is 18.2 Å². The second-order valence-corrected chi connectivity index (χ2v) is 29.8. The van der Waals surface area contributed by atoms with Gasteiger partial charge in [-0.05, 0) is 136 Å². The van der Waals surface area contributed by atoms with E-state index in [1.54, 1.807) is 48.5 Å². The molecule has 15 heteroatoms. The van der Waals surface area contributed by atoms with Crippen LogP contribution in [0.4, 0.5) is 0 Å². The van der Waals surface area contributed by atoms with Crippen molar-refractivity contribution in [2.45, 2.75) is 311 Å². The molecule has 6 aromatic carbocycles. The average Bonchev–Trinajstić information content (AvgIpc) is 0.862. The molecule has 0 amide bonds. The Morgan fingerprint density at radius 1 is 0.253 bits per heavy atom. The Morgan fingerprint density at radius 3 is 0.596 bits per heavy atom. The summed E-state index contributed by atoms with van der Waals surface area (Å²) in [6.45, 7) is 13.3. The van der Waals surface area contributed by atoms with Crippen molar-refractivity contribution in [1.82, 2.24) is 0 Å². The van der Waals surface area contributed by atoms with Crippen molar-refractivity contribution < 1.29 is 50.6 Å². The zero-order valence-corrected chi connectivity index (χ0v) is 67.0. The van der Waals surface area contributed by atoms with Gasteiger partial charge in [-0.3, -0.25) is 0 Å². The molecule has 0 aliphatic heterocycles. The molecule has 0 spiro atoms. The second kappa shape index (κ2) is 57.3. The average molecular weight is 1440 g/mol. The van der Waals surface area contributed by atoms with E-state index in [1.807, 2.05) is 84.9 Å². The topological polar surface area (TPSA) is 153 Å². The molecule has 0 radical (unpaired) electrons. The molecular formula is C84H126CaO11P3+. The number of phosphoric acid groups is 2. The number of hydrogen-bond donors (Lipinski definition) is 0. The molecule has 0 bridgehead atoms. The van der Waals surface area contributed by atoms with Gasteiger partial charge < -0.3 is 27.9 Å². The van der Waals surface area contributed by atoms with Crippen LogP contribution in [0.15, 0.2) is 146 Å². The van der Waals surface area contributed by atoms with Crippen LogP contribution in [0.5, 0.6) is 34.5 Å². The number of rotatable bonds is 54. The van der Waals surface area contributed by atoms with E-state index < -0.39 is 23.9 Å². The van der Waals surface area contributed by atoms with E-state index in [4.69, 9.17) is 27.1 Å². The van der Waals surface area contributed by atoms with E-state index in [-0.39, 0.29) is 37.7 Å². The Hall–Kier alpha value is -4.14. The minimum absolute atomic E-state index is 0. The SMILES string of the molecule is CCCCCCCCc1ccccc1OP(=O)([O-])Oc1ccccc1CCCCCCCC.CCCCCCCCc1ccccc1OP(=O)([O-])Oc1ccccc1CCCCCCCC.CCCCCCCCc1ccccc1O[P+](=O)Oc1ccccc1CCCCCCCC.[Ca+2]. The zero-order chi connectivity index (χ0) is 70.4. The summed E-state index contributed by atoms with van der Waals surface area (Å²) in [7, 11) is -11.4. The molecule has 0 atom stereocenters. The summed E-state index contributed by atoms with van der Waals surface area (Å²) in [5.74, 6) is 2.84. The standard InChI is InChI=1S/2C28H43O4P.C28H42O3P.Ca/c2*1-3-5-7-9-11-13-19-25-21-15-17-23-27(25)31-33(29,30)32-28-24-18-16-22-26(28)20-14-12-10-8-6-4-2;1-3-5-7-9-11-13-19-25-21-15-17-23-27(25)30-32(29)31-28-24-18-16-22-26(28)20-14-12-10-8-6-4-2;/h2*15-18,21-24H,3-14,19-20H2,1-2H3,(H,29,30);15-18,21-24H,3-14,19-20H2,1-2H3;/q;;+1;+2/p-2. The van der Waals surface area contributed by atoms with E-state index in [0.717, 1.165) is 136 Å². The first kappa shape index (κ1) is 89.1. The van der Waals surface area contributed by atoms with Crippen LogP contribution in [-0.2, 0) is 52.2 Å². The summed E-state index contributed by atoms with van der Waals surface area (Å²) in [5.41, 5.74) is 5.85. The normalized spacial score (nSPS) is 11.2. The minimum atomic E-state index is -4.55. The van der Waals surface area contributed by atoms with Crippen LogP contribution < -0.4 is 36.9 Å². The molecule has 0 unspecified atom stereocenters. The largest absolute Gasteiger partial charge is 2.00 e. The number of hydrogen-bond acceptors (Lipinski definition) is 11. The molecule has 11 nitrogen and oxygen atoms in total. The second-order valence-electron chi connectivity index (χ2n) is 26.4. The first-order valence-electron chi connectivity index (χ1n) is 38.6. The fraction of sp³-hybridized carbons (Fsp3) is 0.571. The van der Waals surface area contributed by atoms with E-state index in [9.17, 15) is 23.5 Å². The van der Waals surface area contributed by atoms with Crippen LogP contribution in [0.2, 0.25) is 0 Å². The third kappa shape index (κ3) is 41.7. The van der Waals surface area contributed by atoms with E-state index in [0.29, 0.717) is 34.5 Å². The van der Waals surface area contributed by atoms with Crippen molar-refractivity contribution in [3.63, 3.8) is 0 Å². The van der Waals surface area contributed by atoms with Gasteiger partial charge in [-0.15, -0.1) is 0 Å². The van der Waals surface area contributed by atoms with Gasteiger partial charge in [-0.2, -0.15) is 0 Å². The van der Waals surface area contributed by atoms with Crippen molar-refractivity contribution in [2.75, 3.05) is 0 Å². The van der Waals surface area contributed by atoms with Crippen LogP contribution in [0, 0.1) is 0 Å². The van der Waals surface area contributed by atoms with E-state index >= 15 is 0 Å². The van der Waals surface area contributed by atoms with Crippen LogP contribution in [0.1, 0.15) is 306 Å². The third-order valence-electron chi connectivity index (χ3n) is 17.8. The minimum Gasteiger partial charge on any atom is -0.736 e. The molecule has 99 heavy (non-hydrogen) atoms. The number of phosphoric ester groups is 2. The molecule has 6 rings (SSSR count). The summed E-state index contributed by atoms with van der Waals surface area (Å²) in [5, 5.41) is 0. The van der Waals surface area contributed by atoms with Crippen molar-refractivity contribution in [2.24, 2.45) is 0 Å². The molecule has 544 valence electrons. The van der Waals surface area contributed by atoms with Gasteiger partial charge in [0.2, 0.25) is 0 Å². The predicted octanol–water partition coefficient (Wildman–Crippen LogP) is 26.1. The van der Waals surface area contributed by atoms with Crippen LogP contribution in [0.25, 0.3) is 0 Å². The van der Waals surface area contributed by atoms with Gasteiger partial charge in [-0.1, -0.05) is 343 Å². The van der Waals surface area contributed by atoms with Gasteiger partial charge >= 0.3 is 61.6 Å². The van der Waals surface area contributed by atoms with Crippen LogP contribution in [0.3, 0.4) is 0 Å². The predicted molar refractivity (Wildman–Crippen MR) is 413 cm³/mol. The quantitative estimate of drug-likeness (QED) is 0.0204. The molecular weight excluding hydrogens is 1320 g/mol. The Labute approximate surface area is 632 Å².